The zero-order valence-electron chi connectivity index (χ0n) is 29.7. The quantitative estimate of drug-likeness (QED) is 0.162. The Balaban J connectivity index is 1.25. The Labute approximate surface area is 315 Å². The molecule has 0 amide bonds. The smallest absolute Gasteiger partial charge is 0.0546 e. The molecule has 54 heavy (non-hydrogen) atoms. The van der Waals surface area contributed by atoms with E-state index in [1.807, 2.05) is 0 Å². The molecule has 10 aromatic rings. The highest BCUT2D eigenvalue weighted by Crippen LogP contribution is 2.49. The highest BCUT2D eigenvalue weighted by molar-refractivity contribution is 6.09. The number of hydrogen-bond donors (Lipinski definition) is 0. The molecule has 0 aliphatic heterocycles. The van der Waals surface area contributed by atoms with E-state index in [-0.39, 0.29) is 0 Å². The molecule has 254 valence electrons. The van der Waals surface area contributed by atoms with Crippen LogP contribution in [0.25, 0.3) is 71.6 Å². The van der Waals surface area contributed by atoms with Crippen LogP contribution in [0, 0.1) is 0 Å². The van der Waals surface area contributed by atoms with E-state index in [9.17, 15) is 0 Å². The molecule has 0 fully saturated rings. The summed E-state index contributed by atoms with van der Waals surface area (Å²) >= 11 is 0. The maximum Gasteiger partial charge on any atom is 0.0546 e. The predicted molar refractivity (Wildman–Crippen MR) is 229 cm³/mol. The van der Waals surface area contributed by atoms with Gasteiger partial charge in [-0.15, -0.1) is 0 Å². The van der Waals surface area contributed by atoms with E-state index in [4.69, 9.17) is 0 Å². The van der Waals surface area contributed by atoms with Crippen molar-refractivity contribution in [1.29, 1.82) is 0 Å². The van der Waals surface area contributed by atoms with Crippen LogP contribution in [-0.2, 0) is 0 Å². The standard InChI is InChI=1S/C52H36N2/c1-3-17-37(18-4-1)42-23-9-10-27-47(42)52-44(39-19-5-2-6-20-39)28-16-32-51(52)54(48-31-15-22-38-21-7-8-24-43(38)48)41-35-33-40(34-36-41)53-49-29-13-11-25-45(49)46-26-12-14-30-50(46)53/h1-36H. The number of para-hydroxylation sites is 2. The Hall–Kier alpha value is -7.16. The van der Waals surface area contributed by atoms with Gasteiger partial charge in [0.25, 0.3) is 0 Å². The number of fused-ring (bicyclic) bond motifs is 4. The maximum atomic E-state index is 2.46. The largest absolute Gasteiger partial charge is 0.309 e. The summed E-state index contributed by atoms with van der Waals surface area (Å²) in [5.74, 6) is 0. The first kappa shape index (κ1) is 31.6. The third-order valence-electron chi connectivity index (χ3n) is 10.6. The Kier molecular flexibility index (Phi) is 7.85. The molecule has 0 saturated carbocycles. The lowest BCUT2D eigenvalue weighted by Crippen LogP contribution is -2.12. The molecule has 0 spiro atoms. The minimum absolute atomic E-state index is 1.08. The molecule has 2 heteroatoms. The first-order valence-electron chi connectivity index (χ1n) is 18.5. The molecular weight excluding hydrogens is 653 g/mol. The Morgan fingerprint density at radius 2 is 0.796 bits per heavy atom. The van der Waals surface area contributed by atoms with Gasteiger partial charge in [-0.25, -0.2) is 0 Å². The minimum Gasteiger partial charge on any atom is -0.309 e. The summed E-state index contributed by atoms with van der Waals surface area (Å²) in [4.78, 5) is 2.46. The molecule has 0 saturated heterocycles. The number of nitrogens with zero attached hydrogens (tertiary/aromatic N) is 2. The highest BCUT2D eigenvalue weighted by Gasteiger charge is 2.24. The summed E-state index contributed by atoms with van der Waals surface area (Å²) < 4.78 is 2.38. The normalized spacial score (nSPS) is 11.3. The molecule has 2 nitrogen and oxygen atoms in total. The lowest BCUT2D eigenvalue weighted by Gasteiger charge is -2.31. The average molecular weight is 689 g/mol. The average Bonchev–Trinajstić information content (AvgIpc) is 3.59. The predicted octanol–water partition coefficient (Wildman–Crippen LogP) is 14.4. The molecule has 1 aromatic heterocycles. The number of aromatic nitrogens is 1. The molecular formula is C52H36N2. The van der Waals surface area contributed by atoms with Gasteiger partial charge in [0.05, 0.1) is 22.4 Å². The van der Waals surface area contributed by atoms with Crippen LogP contribution in [0.1, 0.15) is 0 Å². The van der Waals surface area contributed by atoms with Gasteiger partial charge in [0.2, 0.25) is 0 Å². The summed E-state index contributed by atoms with van der Waals surface area (Å²) in [6.07, 6.45) is 0. The summed E-state index contributed by atoms with van der Waals surface area (Å²) in [5, 5.41) is 4.91. The van der Waals surface area contributed by atoms with Crippen LogP contribution in [0.15, 0.2) is 218 Å². The van der Waals surface area contributed by atoms with Crippen molar-refractivity contribution in [2.75, 3.05) is 4.90 Å². The van der Waals surface area contributed by atoms with Crippen LogP contribution in [0.4, 0.5) is 17.1 Å². The zero-order chi connectivity index (χ0) is 35.8. The monoisotopic (exact) mass is 688 g/mol. The van der Waals surface area contributed by atoms with Crippen molar-refractivity contribution in [3.63, 3.8) is 0 Å². The van der Waals surface area contributed by atoms with Gasteiger partial charge in [-0.05, 0) is 81.7 Å². The fraction of sp³-hybridized carbons (Fsp3) is 0. The van der Waals surface area contributed by atoms with Gasteiger partial charge in [0.15, 0.2) is 0 Å². The number of hydrogen-bond acceptors (Lipinski definition) is 1. The number of benzene rings is 9. The van der Waals surface area contributed by atoms with Crippen LogP contribution in [0.5, 0.6) is 0 Å². The van der Waals surface area contributed by atoms with Gasteiger partial charge in [-0.2, -0.15) is 0 Å². The zero-order valence-corrected chi connectivity index (χ0v) is 29.7. The van der Waals surface area contributed by atoms with Crippen LogP contribution >= 0.6 is 0 Å². The summed E-state index contributed by atoms with van der Waals surface area (Å²) in [5.41, 5.74) is 14.0. The van der Waals surface area contributed by atoms with E-state index < -0.39 is 0 Å². The van der Waals surface area contributed by atoms with Gasteiger partial charge >= 0.3 is 0 Å². The van der Waals surface area contributed by atoms with Gasteiger partial charge in [-0.3, -0.25) is 0 Å². The van der Waals surface area contributed by atoms with Crippen molar-refractivity contribution in [1.82, 2.24) is 4.57 Å². The second-order valence-electron chi connectivity index (χ2n) is 13.7. The summed E-state index contributed by atoms with van der Waals surface area (Å²) in [6, 6.07) is 78.9. The summed E-state index contributed by atoms with van der Waals surface area (Å²) in [7, 11) is 0. The van der Waals surface area contributed by atoms with Crippen molar-refractivity contribution in [3.8, 4) is 39.1 Å². The molecule has 0 bridgehead atoms. The molecule has 0 aliphatic rings. The molecule has 0 atom stereocenters. The molecule has 0 radical (unpaired) electrons. The van der Waals surface area contributed by atoms with Crippen molar-refractivity contribution in [2.24, 2.45) is 0 Å². The SMILES string of the molecule is c1ccc(-c2ccccc2-c2c(-c3ccccc3)cccc2N(c2ccc(-n3c4ccccc4c4ccccc43)cc2)c2cccc3ccccc23)cc1. The number of anilines is 3. The van der Waals surface area contributed by atoms with Gasteiger partial charge in [0, 0.05) is 33.1 Å². The molecule has 0 aliphatic carbocycles. The minimum atomic E-state index is 1.08. The van der Waals surface area contributed by atoms with E-state index in [2.05, 4.69) is 228 Å². The van der Waals surface area contributed by atoms with E-state index in [0.717, 1.165) is 22.7 Å². The molecule has 9 aromatic carbocycles. The summed E-state index contributed by atoms with van der Waals surface area (Å²) in [6.45, 7) is 0. The van der Waals surface area contributed by atoms with Crippen molar-refractivity contribution >= 4 is 49.6 Å². The van der Waals surface area contributed by atoms with E-state index in [1.54, 1.807) is 0 Å². The second-order valence-corrected chi connectivity index (χ2v) is 13.7. The van der Waals surface area contributed by atoms with Gasteiger partial charge in [-0.1, -0.05) is 170 Å². The Morgan fingerprint density at radius 3 is 1.48 bits per heavy atom. The fourth-order valence-electron chi connectivity index (χ4n) is 8.20. The molecule has 10 rings (SSSR count). The van der Waals surface area contributed by atoms with Crippen LogP contribution in [-0.4, -0.2) is 4.57 Å². The Bertz CT molecular complexity index is 2860. The lowest BCUT2D eigenvalue weighted by atomic mass is 9.87. The van der Waals surface area contributed by atoms with Crippen LogP contribution in [0.2, 0.25) is 0 Å². The van der Waals surface area contributed by atoms with E-state index >= 15 is 0 Å². The van der Waals surface area contributed by atoms with Gasteiger partial charge in [0.1, 0.15) is 0 Å². The lowest BCUT2D eigenvalue weighted by molar-refractivity contribution is 1.17. The first-order valence-corrected chi connectivity index (χ1v) is 18.5. The molecule has 1 heterocycles. The van der Waals surface area contributed by atoms with E-state index in [0.29, 0.717) is 0 Å². The van der Waals surface area contributed by atoms with Crippen molar-refractivity contribution in [2.45, 2.75) is 0 Å². The maximum absolute atomic E-state index is 2.46. The fourth-order valence-corrected chi connectivity index (χ4v) is 8.20. The van der Waals surface area contributed by atoms with Crippen molar-refractivity contribution < 1.29 is 0 Å². The molecule has 0 N–H and O–H groups in total. The second kappa shape index (κ2) is 13.4. The Morgan fingerprint density at radius 1 is 0.315 bits per heavy atom. The van der Waals surface area contributed by atoms with Crippen LogP contribution < -0.4 is 4.90 Å². The molecule has 0 unspecified atom stereocenters. The van der Waals surface area contributed by atoms with E-state index in [1.165, 1.54) is 66.0 Å². The third-order valence-corrected chi connectivity index (χ3v) is 10.6. The van der Waals surface area contributed by atoms with Crippen LogP contribution in [0.3, 0.4) is 0 Å². The number of rotatable bonds is 7. The highest BCUT2D eigenvalue weighted by atomic mass is 15.1. The first-order chi connectivity index (χ1) is 26.8. The van der Waals surface area contributed by atoms with Crippen molar-refractivity contribution in [3.05, 3.63) is 218 Å². The topological polar surface area (TPSA) is 8.17 Å². The third kappa shape index (κ3) is 5.36. The van der Waals surface area contributed by atoms with Gasteiger partial charge < -0.3 is 9.47 Å².